The molecule has 2 rings (SSSR count). The van der Waals surface area contributed by atoms with E-state index in [-0.39, 0.29) is 10.8 Å². The first kappa shape index (κ1) is 12.8. The van der Waals surface area contributed by atoms with Crippen molar-refractivity contribution in [2.75, 3.05) is 0 Å². The van der Waals surface area contributed by atoms with E-state index < -0.39 is 0 Å². The van der Waals surface area contributed by atoms with Crippen molar-refractivity contribution in [2.24, 2.45) is 15.8 Å². The van der Waals surface area contributed by atoms with Gasteiger partial charge < -0.3 is 0 Å². The first-order valence-electron chi connectivity index (χ1n) is 6.42. The van der Waals surface area contributed by atoms with Crippen molar-refractivity contribution in [3.63, 3.8) is 0 Å². The van der Waals surface area contributed by atoms with Gasteiger partial charge in [-0.05, 0) is 17.7 Å². The molecule has 94 valence electrons. The lowest BCUT2D eigenvalue weighted by molar-refractivity contribution is 0.616. The lowest BCUT2D eigenvalue weighted by Crippen LogP contribution is -2.06. The van der Waals surface area contributed by atoms with Crippen LogP contribution in [0, 0.1) is 10.8 Å². The molecule has 0 aromatic carbocycles. The van der Waals surface area contributed by atoms with Crippen LogP contribution in [0.1, 0.15) is 27.7 Å². The molecule has 0 saturated carbocycles. The predicted molar refractivity (Wildman–Crippen MR) is 79.6 cm³/mol. The van der Waals surface area contributed by atoms with Crippen LogP contribution < -0.4 is 0 Å². The fraction of sp³-hybridized carbons (Fsp3) is 0.353. The van der Waals surface area contributed by atoms with E-state index in [1.165, 1.54) is 5.57 Å². The first-order chi connectivity index (χ1) is 8.38. The van der Waals surface area contributed by atoms with Gasteiger partial charge >= 0.3 is 0 Å². The van der Waals surface area contributed by atoms with E-state index in [9.17, 15) is 0 Å². The summed E-state index contributed by atoms with van der Waals surface area (Å²) in [5.74, 6) is 0. The Hall–Kier alpha value is -1.63. The van der Waals surface area contributed by atoms with E-state index in [0.29, 0.717) is 0 Å². The van der Waals surface area contributed by atoms with Gasteiger partial charge in [-0.3, -0.25) is 4.99 Å². The maximum Gasteiger partial charge on any atom is 0.0667 e. The highest BCUT2D eigenvalue weighted by atomic mass is 14.7. The highest BCUT2D eigenvalue weighted by molar-refractivity contribution is 5.74. The molecule has 2 aliphatic rings. The number of rotatable bonds is 1. The molecule has 0 spiro atoms. The zero-order valence-corrected chi connectivity index (χ0v) is 11.6. The standard InChI is InChI=1S/C17H21N/c1-16(2)9-6-5-8-14(12-16)15-13-17(3,4)10-7-11-18-15/h5-13H,1-4H3. The Labute approximate surface area is 110 Å². The Kier molecular flexibility index (Phi) is 3.25. The number of nitrogens with zero attached hydrogens (tertiary/aromatic N) is 1. The number of hydrogen-bond donors (Lipinski definition) is 0. The molecule has 0 fully saturated rings. The third-order valence-corrected chi connectivity index (χ3v) is 3.07. The minimum Gasteiger partial charge on any atom is -0.257 e. The quantitative estimate of drug-likeness (QED) is 0.633. The SMILES string of the molecule is CC1(C)C=CC=CC(C2=CC(C)(C)C=CC=N2)=C1. The average Bonchev–Trinajstić information content (AvgIpc) is 2.53. The molecule has 1 heterocycles. The molecule has 1 aliphatic heterocycles. The fourth-order valence-electron chi connectivity index (χ4n) is 2.13. The smallest absolute Gasteiger partial charge is 0.0667 e. The van der Waals surface area contributed by atoms with Crippen LogP contribution in [-0.2, 0) is 0 Å². The molecule has 0 atom stereocenters. The summed E-state index contributed by atoms with van der Waals surface area (Å²) < 4.78 is 0. The van der Waals surface area contributed by atoms with Gasteiger partial charge in [-0.1, -0.05) is 64.2 Å². The molecule has 18 heavy (non-hydrogen) atoms. The molecule has 1 aliphatic carbocycles. The zero-order valence-electron chi connectivity index (χ0n) is 11.6. The first-order valence-corrected chi connectivity index (χ1v) is 6.42. The Morgan fingerprint density at radius 3 is 2.28 bits per heavy atom. The largest absolute Gasteiger partial charge is 0.257 e. The molecular formula is C17H21N. The Morgan fingerprint density at radius 2 is 1.50 bits per heavy atom. The lowest BCUT2D eigenvalue weighted by Gasteiger charge is -2.18. The van der Waals surface area contributed by atoms with Crippen LogP contribution in [0.15, 0.2) is 64.9 Å². The molecule has 0 bridgehead atoms. The van der Waals surface area contributed by atoms with Crippen LogP contribution in [-0.4, -0.2) is 6.21 Å². The fourth-order valence-corrected chi connectivity index (χ4v) is 2.13. The van der Waals surface area contributed by atoms with Crippen LogP contribution in [0.25, 0.3) is 0 Å². The molecule has 0 aromatic rings. The van der Waals surface area contributed by atoms with Crippen molar-refractivity contribution in [3.05, 3.63) is 59.9 Å². The predicted octanol–water partition coefficient (Wildman–Crippen LogP) is 4.62. The van der Waals surface area contributed by atoms with Crippen LogP contribution in [0.5, 0.6) is 0 Å². The van der Waals surface area contributed by atoms with Crippen molar-refractivity contribution in [1.82, 2.24) is 0 Å². The van der Waals surface area contributed by atoms with Gasteiger partial charge in [-0.2, -0.15) is 0 Å². The van der Waals surface area contributed by atoms with Crippen molar-refractivity contribution in [2.45, 2.75) is 27.7 Å². The minimum atomic E-state index is 0.0460. The van der Waals surface area contributed by atoms with Gasteiger partial charge in [-0.15, -0.1) is 0 Å². The van der Waals surface area contributed by atoms with E-state index in [1.54, 1.807) is 0 Å². The molecule has 1 heteroatoms. The van der Waals surface area contributed by atoms with E-state index >= 15 is 0 Å². The van der Waals surface area contributed by atoms with Gasteiger partial charge in [0.2, 0.25) is 0 Å². The Bertz CT molecular complexity index is 458. The summed E-state index contributed by atoms with van der Waals surface area (Å²) in [7, 11) is 0. The lowest BCUT2D eigenvalue weighted by atomic mass is 9.88. The van der Waals surface area contributed by atoms with E-state index in [1.807, 2.05) is 12.3 Å². The van der Waals surface area contributed by atoms with Crippen LogP contribution >= 0.6 is 0 Å². The molecule has 0 unspecified atom stereocenters. The van der Waals surface area contributed by atoms with Crippen LogP contribution in [0.3, 0.4) is 0 Å². The minimum absolute atomic E-state index is 0.0460. The third-order valence-electron chi connectivity index (χ3n) is 3.07. The molecule has 0 aromatic heterocycles. The average molecular weight is 239 g/mol. The summed E-state index contributed by atoms with van der Waals surface area (Å²) in [6.45, 7) is 8.81. The maximum atomic E-state index is 4.55. The maximum absolute atomic E-state index is 4.55. The number of allylic oxidation sites excluding steroid dienone is 8. The van der Waals surface area contributed by atoms with E-state index in [2.05, 4.69) is 75.2 Å². The van der Waals surface area contributed by atoms with Crippen molar-refractivity contribution in [1.29, 1.82) is 0 Å². The van der Waals surface area contributed by atoms with Gasteiger partial charge in [0.05, 0.1) is 5.70 Å². The topological polar surface area (TPSA) is 12.4 Å². The second kappa shape index (κ2) is 4.56. The summed E-state index contributed by atoms with van der Waals surface area (Å²) in [5, 5.41) is 0. The molecule has 0 N–H and O–H groups in total. The second-order valence-electron chi connectivity index (χ2n) is 6.13. The van der Waals surface area contributed by atoms with Crippen molar-refractivity contribution < 1.29 is 0 Å². The molecule has 0 amide bonds. The normalized spacial score (nSPS) is 24.2. The second-order valence-corrected chi connectivity index (χ2v) is 6.13. The molecule has 1 nitrogen and oxygen atoms in total. The monoisotopic (exact) mass is 239 g/mol. The summed E-state index contributed by atoms with van der Waals surface area (Å²) in [4.78, 5) is 4.55. The zero-order chi connectivity index (χ0) is 13.2. The van der Waals surface area contributed by atoms with Gasteiger partial charge in [-0.25, -0.2) is 0 Å². The van der Waals surface area contributed by atoms with Gasteiger partial charge in [0.15, 0.2) is 0 Å². The van der Waals surface area contributed by atoms with Crippen molar-refractivity contribution >= 4 is 6.21 Å². The van der Waals surface area contributed by atoms with Gasteiger partial charge in [0.25, 0.3) is 0 Å². The molecular weight excluding hydrogens is 218 g/mol. The molecule has 0 saturated heterocycles. The summed E-state index contributed by atoms with van der Waals surface area (Å²) in [6, 6.07) is 0. The number of aliphatic imine (C=N–C) groups is 1. The highest BCUT2D eigenvalue weighted by Gasteiger charge is 2.18. The van der Waals surface area contributed by atoms with Gasteiger partial charge in [0.1, 0.15) is 0 Å². The van der Waals surface area contributed by atoms with E-state index in [0.717, 1.165) is 5.70 Å². The highest BCUT2D eigenvalue weighted by Crippen LogP contribution is 2.31. The summed E-state index contributed by atoms with van der Waals surface area (Å²) >= 11 is 0. The van der Waals surface area contributed by atoms with Gasteiger partial charge in [0, 0.05) is 17.0 Å². The number of hydrogen-bond acceptors (Lipinski definition) is 1. The summed E-state index contributed by atoms with van der Waals surface area (Å²) in [5.41, 5.74) is 2.36. The van der Waals surface area contributed by atoms with E-state index in [4.69, 9.17) is 0 Å². The molecule has 0 radical (unpaired) electrons. The van der Waals surface area contributed by atoms with Crippen molar-refractivity contribution in [3.8, 4) is 0 Å². The third kappa shape index (κ3) is 3.19. The van der Waals surface area contributed by atoms with Crippen LogP contribution in [0.4, 0.5) is 0 Å². The summed E-state index contributed by atoms with van der Waals surface area (Å²) in [6.07, 6.45) is 19.1. The van der Waals surface area contributed by atoms with Crippen LogP contribution in [0.2, 0.25) is 0 Å². The Balaban J connectivity index is 2.43. The Morgan fingerprint density at radius 1 is 0.833 bits per heavy atom.